The SMILES string of the molecule is Cc1ccc(S(=O)(=O)N2CC3=C[C@@H](c4ccccc4)C=C[C@@]3(C#N)C2)cc1. The van der Waals surface area contributed by atoms with Crippen molar-refractivity contribution in [1.29, 1.82) is 5.26 Å². The number of rotatable bonds is 3. The second-order valence-electron chi connectivity index (χ2n) is 7.16. The second-order valence-corrected chi connectivity index (χ2v) is 9.09. The average Bonchev–Trinajstić information content (AvgIpc) is 3.09. The van der Waals surface area contributed by atoms with Crippen molar-refractivity contribution in [2.45, 2.75) is 17.7 Å². The zero-order chi connectivity index (χ0) is 19.1. The highest BCUT2D eigenvalue weighted by atomic mass is 32.2. The van der Waals surface area contributed by atoms with Crippen LogP contribution in [0.5, 0.6) is 0 Å². The third-order valence-corrected chi connectivity index (χ3v) is 7.16. The number of allylic oxidation sites excluding steroid dienone is 2. The smallest absolute Gasteiger partial charge is 0.207 e. The van der Waals surface area contributed by atoms with E-state index in [0.717, 1.165) is 16.7 Å². The maximum absolute atomic E-state index is 13.1. The minimum atomic E-state index is -3.64. The Morgan fingerprint density at radius 2 is 1.81 bits per heavy atom. The number of sulfonamides is 1. The number of aryl methyl sites for hydroxylation is 1. The first-order chi connectivity index (χ1) is 12.9. The van der Waals surface area contributed by atoms with E-state index in [1.54, 1.807) is 24.3 Å². The summed E-state index contributed by atoms with van der Waals surface area (Å²) in [6, 6.07) is 19.2. The molecule has 1 aliphatic heterocycles. The van der Waals surface area contributed by atoms with Gasteiger partial charge in [0, 0.05) is 19.0 Å². The van der Waals surface area contributed by atoms with Crippen molar-refractivity contribution >= 4 is 10.0 Å². The van der Waals surface area contributed by atoms with E-state index in [9.17, 15) is 13.7 Å². The van der Waals surface area contributed by atoms with Gasteiger partial charge in [0.2, 0.25) is 10.0 Å². The molecule has 0 bridgehead atoms. The van der Waals surface area contributed by atoms with E-state index >= 15 is 0 Å². The summed E-state index contributed by atoms with van der Waals surface area (Å²) in [6.45, 7) is 2.33. The summed E-state index contributed by atoms with van der Waals surface area (Å²) in [7, 11) is -3.64. The summed E-state index contributed by atoms with van der Waals surface area (Å²) in [5.41, 5.74) is 2.13. The molecule has 0 radical (unpaired) electrons. The molecule has 1 fully saturated rings. The van der Waals surface area contributed by atoms with Crippen LogP contribution in [0.4, 0.5) is 0 Å². The number of hydrogen-bond acceptors (Lipinski definition) is 3. The van der Waals surface area contributed by atoms with Crippen LogP contribution >= 0.6 is 0 Å². The van der Waals surface area contributed by atoms with Crippen LogP contribution < -0.4 is 0 Å². The van der Waals surface area contributed by atoms with Crippen molar-refractivity contribution in [2.75, 3.05) is 13.1 Å². The molecule has 2 aromatic rings. The topological polar surface area (TPSA) is 61.2 Å². The van der Waals surface area contributed by atoms with Crippen LogP contribution in [0.3, 0.4) is 0 Å². The molecule has 2 atom stereocenters. The van der Waals surface area contributed by atoms with E-state index in [1.807, 2.05) is 55.5 Å². The molecule has 0 unspecified atom stereocenters. The largest absolute Gasteiger partial charge is 0.243 e. The minimum Gasteiger partial charge on any atom is -0.207 e. The Labute approximate surface area is 160 Å². The van der Waals surface area contributed by atoms with Crippen LogP contribution in [0.25, 0.3) is 0 Å². The quantitative estimate of drug-likeness (QED) is 0.766. The molecule has 1 aliphatic carbocycles. The zero-order valence-corrected chi connectivity index (χ0v) is 15.9. The molecule has 0 N–H and O–H groups in total. The third kappa shape index (κ3) is 3.01. The van der Waals surface area contributed by atoms with Gasteiger partial charge in [0.15, 0.2) is 0 Å². The van der Waals surface area contributed by atoms with Gasteiger partial charge in [-0.1, -0.05) is 66.3 Å². The highest BCUT2D eigenvalue weighted by Crippen LogP contribution is 2.44. The number of nitriles is 1. The Balaban J connectivity index is 1.68. The predicted molar refractivity (Wildman–Crippen MR) is 104 cm³/mol. The van der Waals surface area contributed by atoms with Crippen LogP contribution in [0.1, 0.15) is 17.0 Å². The molecule has 27 heavy (non-hydrogen) atoms. The maximum Gasteiger partial charge on any atom is 0.243 e. The van der Waals surface area contributed by atoms with E-state index in [2.05, 4.69) is 6.07 Å². The fourth-order valence-corrected chi connectivity index (χ4v) is 5.19. The Kier molecular flexibility index (Phi) is 4.26. The second kappa shape index (κ2) is 6.49. The molecule has 0 amide bonds. The van der Waals surface area contributed by atoms with Crippen molar-refractivity contribution < 1.29 is 8.42 Å². The lowest BCUT2D eigenvalue weighted by Gasteiger charge is -2.24. The van der Waals surface area contributed by atoms with E-state index in [1.165, 1.54) is 4.31 Å². The molecule has 2 aromatic carbocycles. The molecule has 0 spiro atoms. The number of nitrogens with zero attached hydrogens (tertiary/aromatic N) is 2. The van der Waals surface area contributed by atoms with Crippen molar-refractivity contribution in [2.24, 2.45) is 5.41 Å². The van der Waals surface area contributed by atoms with Gasteiger partial charge in [-0.3, -0.25) is 0 Å². The summed E-state index contributed by atoms with van der Waals surface area (Å²) >= 11 is 0. The Bertz CT molecular complexity index is 1060. The molecule has 2 aliphatic rings. The molecule has 1 saturated heterocycles. The molecular weight excluding hydrogens is 356 g/mol. The Morgan fingerprint density at radius 1 is 1.11 bits per heavy atom. The summed E-state index contributed by atoms with van der Waals surface area (Å²) in [4.78, 5) is 0.268. The van der Waals surface area contributed by atoms with Gasteiger partial charge in [0.05, 0.1) is 11.0 Å². The monoisotopic (exact) mass is 376 g/mol. The summed E-state index contributed by atoms with van der Waals surface area (Å²) in [5, 5.41) is 9.84. The normalized spacial score (nSPS) is 24.9. The molecule has 136 valence electrons. The molecule has 4 nitrogen and oxygen atoms in total. The molecule has 5 heteroatoms. The first-order valence-corrected chi connectivity index (χ1v) is 10.3. The summed E-state index contributed by atoms with van der Waals surface area (Å²) in [5.74, 6) is 0.0599. The molecule has 0 aromatic heterocycles. The van der Waals surface area contributed by atoms with Crippen LogP contribution in [0, 0.1) is 23.7 Å². The molecule has 1 heterocycles. The fraction of sp³-hybridized carbons (Fsp3) is 0.227. The van der Waals surface area contributed by atoms with Crippen LogP contribution in [0.2, 0.25) is 0 Å². The standard InChI is InChI=1S/C22H20N2O2S/c1-17-7-9-21(10-8-17)27(25,26)24-14-20-13-19(18-5-3-2-4-6-18)11-12-22(20,15-23)16-24/h2-13,19H,14,16H2,1H3/t19-,22+/m0/s1. The van der Waals surface area contributed by atoms with Gasteiger partial charge in [-0.2, -0.15) is 9.57 Å². The van der Waals surface area contributed by atoms with Crippen LogP contribution in [-0.4, -0.2) is 25.8 Å². The van der Waals surface area contributed by atoms with E-state index in [4.69, 9.17) is 0 Å². The Morgan fingerprint density at radius 3 is 2.48 bits per heavy atom. The summed E-state index contributed by atoms with van der Waals surface area (Å²) in [6.07, 6.45) is 5.93. The predicted octanol–water partition coefficient (Wildman–Crippen LogP) is 3.79. The number of benzene rings is 2. The van der Waals surface area contributed by atoms with Crippen molar-refractivity contribution in [3.05, 3.63) is 89.5 Å². The van der Waals surface area contributed by atoms with Gasteiger partial charge in [-0.05, 0) is 30.2 Å². The zero-order valence-electron chi connectivity index (χ0n) is 15.0. The third-order valence-electron chi connectivity index (χ3n) is 5.36. The maximum atomic E-state index is 13.1. The van der Waals surface area contributed by atoms with Gasteiger partial charge in [-0.25, -0.2) is 8.42 Å². The fourth-order valence-electron chi connectivity index (χ4n) is 3.72. The lowest BCUT2D eigenvalue weighted by Crippen LogP contribution is -2.31. The van der Waals surface area contributed by atoms with E-state index in [-0.39, 0.29) is 23.9 Å². The number of fused-ring (bicyclic) bond motifs is 1. The highest BCUT2D eigenvalue weighted by Gasteiger charge is 2.47. The van der Waals surface area contributed by atoms with Gasteiger partial charge >= 0.3 is 0 Å². The van der Waals surface area contributed by atoms with E-state index in [0.29, 0.717) is 0 Å². The van der Waals surface area contributed by atoms with Crippen LogP contribution in [0.15, 0.2) is 83.3 Å². The van der Waals surface area contributed by atoms with Crippen LogP contribution in [-0.2, 0) is 10.0 Å². The lowest BCUT2D eigenvalue weighted by atomic mass is 9.76. The summed E-state index contributed by atoms with van der Waals surface area (Å²) < 4.78 is 27.5. The average molecular weight is 376 g/mol. The molecule has 0 saturated carbocycles. The molecular formula is C22H20N2O2S. The van der Waals surface area contributed by atoms with Crippen molar-refractivity contribution in [3.63, 3.8) is 0 Å². The van der Waals surface area contributed by atoms with E-state index < -0.39 is 15.4 Å². The van der Waals surface area contributed by atoms with Gasteiger partial charge < -0.3 is 0 Å². The van der Waals surface area contributed by atoms with Gasteiger partial charge in [0.25, 0.3) is 0 Å². The van der Waals surface area contributed by atoms with Gasteiger partial charge in [0.1, 0.15) is 5.41 Å². The van der Waals surface area contributed by atoms with Crippen molar-refractivity contribution in [1.82, 2.24) is 4.31 Å². The minimum absolute atomic E-state index is 0.0599. The first-order valence-electron chi connectivity index (χ1n) is 8.88. The van der Waals surface area contributed by atoms with Gasteiger partial charge in [-0.15, -0.1) is 0 Å². The molecule has 4 rings (SSSR count). The lowest BCUT2D eigenvalue weighted by molar-refractivity contribution is 0.451. The van der Waals surface area contributed by atoms with Crippen molar-refractivity contribution in [3.8, 4) is 6.07 Å². The Hall–Kier alpha value is -2.68. The first kappa shape index (κ1) is 17.7. The highest BCUT2D eigenvalue weighted by molar-refractivity contribution is 7.89. The number of hydrogen-bond donors (Lipinski definition) is 0.